The van der Waals surface area contributed by atoms with Crippen molar-refractivity contribution in [3.63, 3.8) is 0 Å². The Labute approximate surface area is 279 Å². The number of phosphoric ester groups is 1. The summed E-state index contributed by atoms with van der Waals surface area (Å²) in [4.78, 5) is 40.3. The number of rotatable bonds is 9. The van der Waals surface area contributed by atoms with Crippen LogP contribution in [0.2, 0.25) is 0 Å². The van der Waals surface area contributed by atoms with Crippen LogP contribution in [0.25, 0.3) is 0 Å². The molecule has 1 N–H and O–H groups in total. The van der Waals surface area contributed by atoms with E-state index in [1.54, 1.807) is 60.0 Å². The summed E-state index contributed by atoms with van der Waals surface area (Å²) in [7, 11) is -4.78. The minimum absolute atomic E-state index is 0.0315. The zero-order chi connectivity index (χ0) is 34.4. The summed E-state index contributed by atoms with van der Waals surface area (Å²) < 4.78 is 43.6. The first-order chi connectivity index (χ1) is 22.7. The molecule has 0 aromatic heterocycles. The molecule has 5 atom stereocenters. The summed E-state index contributed by atoms with van der Waals surface area (Å²) in [5.41, 5.74) is -0.136. The Morgan fingerprint density at radius 2 is 1.31 bits per heavy atom. The molecule has 13 nitrogen and oxygen atoms in total. The molecule has 0 bridgehead atoms. The van der Waals surface area contributed by atoms with Gasteiger partial charge in [-0.15, -0.1) is 0 Å². The predicted octanol–water partition coefficient (Wildman–Crippen LogP) is 4.69. The molecular formula is C34H39N4O9P. The molecule has 48 heavy (non-hydrogen) atoms. The van der Waals surface area contributed by atoms with E-state index in [4.69, 9.17) is 23.3 Å². The second kappa shape index (κ2) is 12.8. The highest BCUT2D eigenvalue weighted by molar-refractivity contribution is 7.47. The van der Waals surface area contributed by atoms with Crippen LogP contribution < -0.4 is 9.47 Å². The third-order valence-corrected chi connectivity index (χ3v) is 10.4. The molecule has 0 aliphatic carbocycles. The van der Waals surface area contributed by atoms with Crippen LogP contribution in [0.1, 0.15) is 87.7 Å². The Morgan fingerprint density at radius 1 is 0.833 bits per heavy atom. The zero-order valence-electron chi connectivity index (χ0n) is 27.4. The van der Waals surface area contributed by atoms with Gasteiger partial charge in [0.15, 0.2) is 0 Å². The van der Waals surface area contributed by atoms with Gasteiger partial charge >= 0.3 is 7.82 Å². The van der Waals surface area contributed by atoms with Gasteiger partial charge in [0, 0.05) is 37.1 Å². The van der Waals surface area contributed by atoms with Gasteiger partial charge < -0.3 is 28.9 Å². The Bertz CT molecular complexity index is 1750. The maximum absolute atomic E-state index is 13.5. The van der Waals surface area contributed by atoms with Crippen LogP contribution in [0.3, 0.4) is 0 Å². The number of fused-ring (bicyclic) bond motifs is 2. The van der Waals surface area contributed by atoms with E-state index in [-0.39, 0.29) is 25.0 Å². The average Bonchev–Trinajstić information content (AvgIpc) is 3.66. The highest BCUT2D eigenvalue weighted by atomic mass is 31.2. The summed E-state index contributed by atoms with van der Waals surface area (Å²) in [6, 6.07) is 12.9. The third-order valence-electron chi connectivity index (χ3n) is 9.38. The lowest BCUT2D eigenvalue weighted by molar-refractivity contribution is -0.150. The van der Waals surface area contributed by atoms with Crippen molar-refractivity contribution in [2.45, 2.75) is 88.9 Å². The van der Waals surface area contributed by atoms with Gasteiger partial charge in [-0.2, -0.15) is 10.5 Å². The minimum Gasteiger partial charge on any atom is -0.485 e. The Hall–Kier alpha value is -3.97. The van der Waals surface area contributed by atoms with E-state index in [1.807, 2.05) is 13.8 Å². The molecule has 254 valence electrons. The second-order valence-corrected chi connectivity index (χ2v) is 14.9. The van der Waals surface area contributed by atoms with Crippen LogP contribution in [0.5, 0.6) is 11.5 Å². The van der Waals surface area contributed by atoms with Crippen LogP contribution in [0.15, 0.2) is 36.4 Å². The largest absolute Gasteiger partial charge is 0.485 e. The Morgan fingerprint density at radius 3 is 1.77 bits per heavy atom. The highest BCUT2D eigenvalue weighted by Crippen LogP contribution is 2.54. The molecule has 6 rings (SSSR count). The van der Waals surface area contributed by atoms with E-state index in [0.29, 0.717) is 72.5 Å². The van der Waals surface area contributed by atoms with E-state index in [2.05, 4.69) is 12.1 Å². The molecule has 14 heteroatoms. The number of nitriles is 2. The van der Waals surface area contributed by atoms with Gasteiger partial charge in [0.05, 0.1) is 48.6 Å². The quantitative estimate of drug-likeness (QED) is 0.288. The van der Waals surface area contributed by atoms with Crippen molar-refractivity contribution in [3.8, 4) is 23.6 Å². The molecule has 2 saturated heterocycles. The number of amides is 2. The molecule has 0 saturated carbocycles. The molecule has 2 amide bonds. The number of phosphoric acid groups is 1. The third kappa shape index (κ3) is 6.41. The van der Waals surface area contributed by atoms with Crippen LogP contribution >= 0.6 is 7.82 Å². The number of carbonyl (C=O) groups excluding carboxylic acids is 2. The summed E-state index contributed by atoms with van der Waals surface area (Å²) in [5.74, 6) is 0.849. The number of benzene rings is 2. The van der Waals surface area contributed by atoms with Gasteiger partial charge in [0.1, 0.15) is 34.9 Å². The standard InChI is InChI=1S/C34H39N4O9P/c1-33(2)31(29(37-13-5-7-27(37)39)23-17-21(19-35)9-11-25(23)45-33)43-15-16-44-48(41,42)47-32-30(38-14-6-8-28(38)40)24-18-22(20-36)10-12-26(24)46-34(32,3)4/h9-12,17-18,29-32H,5-8,13-16H2,1-4H3,(H,41,42)/t29-,30-,31+,32+/m1/s1. The lowest BCUT2D eigenvalue weighted by atomic mass is 9.84. The first-order valence-corrected chi connectivity index (χ1v) is 17.6. The minimum atomic E-state index is -4.78. The Balaban J connectivity index is 1.20. The van der Waals surface area contributed by atoms with Crippen molar-refractivity contribution in [3.05, 3.63) is 58.7 Å². The van der Waals surface area contributed by atoms with E-state index in [1.165, 1.54) is 0 Å². The van der Waals surface area contributed by atoms with E-state index >= 15 is 0 Å². The molecule has 4 aliphatic heterocycles. The van der Waals surface area contributed by atoms with Crippen molar-refractivity contribution in [2.24, 2.45) is 0 Å². The van der Waals surface area contributed by atoms with Gasteiger partial charge in [0.2, 0.25) is 11.8 Å². The average molecular weight is 679 g/mol. The fraction of sp³-hybridized carbons (Fsp3) is 0.529. The number of ether oxygens (including phenoxy) is 3. The molecule has 2 fully saturated rings. The normalized spacial score (nSPS) is 26.8. The summed E-state index contributed by atoms with van der Waals surface area (Å²) in [5, 5.41) is 19.1. The summed E-state index contributed by atoms with van der Waals surface area (Å²) >= 11 is 0. The fourth-order valence-electron chi connectivity index (χ4n) is 7.22. The second-order valence-electron chi connectivity index (χ2n) is 13.5. The molecule has 0 radical (unpaired) electrons. The molecular weight excluding hydrogens is 639 g/mol. The molecule has 4 aliphatic rings. The van der Waals surface area contributed by atoms with Gasteiger partial charge in [-0.3, -0.25) is 18.6 Å². The zero-order valence-corrected chi connectivity index (χ0v) is 28.3. The topological polar surface area (TPSA) is 172 Å². The molecule has 2 aromatic rings. The molecule has 1 unspecified atom stereocenters. The smallest absolute Gasteiger partial charge is 0.472 e. The predicted molar refractivity (Wildman–Crippen MR) is 169 cm³/mol. The van der Waals surface area contributed by atoms with Gasteiger partial charge in [0.25, 0.3) is 0 Å². The number of hydrogen-bond acceptors (Lipinski definition) is 10. The number of carbonyl (C=O) groups is 2. The maximum Gasteiger partial charge on any atom is 0.472 e. The SMILES string of the molecule is CC1(C)Oc2ccc(C#N)cc2[C@@H](N2CCCC2=O)[C@@H]1OCCOP(=O)(O)O[C@H]1[C@H](N2CCCC2=O)c2cc(C#N)ccc2OC1(C)C. The van der Waals surface area contributed by atoms with Crippen LogP contribution in [-0.4, -0.2) is 76.2 Å². The molecule has 4 heterocycles. The highest BCUT2D eigenvalue weighted by Gasteiger charge is 2.53. The summed E-state index contributed by atoms with van der Waals surface area (Å²) in [6.45, 7) is 7.53. The van der Waals surface area contributed by atoms with E-state index < -0.39 is 43.3 Å². The molecule has 2 aromatic carbocycles. The van der Waals surface area contributed by atoms with E-state index in [0.717, 1.165) is 0 Å². The summed E-state index contributed by atoms with van der Waals surface area (Å²) in [6.07, 6.45) is 0.216. The fourth-order valence-corrected chi connectivity index (χ4v) is 8.24. The van der Waals surface area contributed by atoms with Crippen molar-refractivity contribution in [2.75, 3.05) is 26.3 Å². The number of nitrogens with zero attached hydrogens (tertiary/aromatic N) is 4. The Kier molecular flexibility index (Phi) is 9.05. The van der Waals surface area contributed by atoms with Crippen LogP contribution in [-0.2, 0) is 27.9 Å². The first-order valence-electron chi connectivity index (χ1n) is 16.1. The van der Waals surface area contributed by atoms with Crippen LogP contribution in [0, 0.1) is 22.7 Å². The van der Waals surface area contributed by atoms with Crippen molar-refractivity contribution >= 4 is 19.6 Å². The van der Waals surface area contributed by atoms with Crippen molar-refractivity contribution < 1.29 is 42.3 Å². The first kappa shape index (κ1) is 33.9. The van der Waals surface area contributed by atoms with Crippen molar-refractivity contribution in [1.29, 1.82) is 10.5 Å². The molecule has 0 spiro atoms. The van der Waals surface area contributed by atoms with Crippen LogP contribution in [0.4, 0.5) is 0 Å². The van der Waals surface area contributed by atoms with Gasteiger partial charge in [-0.1, -0.05) is 0 Å². The van der Waals surface area contributed by atoms with Crippen molar-refractivity contribution in [1.82, 2.24) is 9.80 Å². The van der Waals surface area contributed by atoms with Gasteiger partial charge in [-0.05, 0) is 76.9 Å². The number of hydrogen-bond donors (Lipinski definition) is 1. The number of likely N-dealkylation sites (tertiary alicyclic amines) is 2. The lowest BCUT2D eigenvalue weighted by Crippen LogP contribution is -2.55. The van der Waals surface area contributed by atoms with E-state index in [9.17, 15) is 29.6 Å². The lowest BCUT2D eigenvalue weighted by Gasteiger charge is -2.47. The maximum atomic E-state index is 13.5. The van der Waals surface area contributed by atoms with Gasteiger partial charge in [-0.25, -0.2) is 4.57 Å². The monoisotopic (exact) mass is 678 g/mol.